The Morgan fingerprint density at radius 3 is 2.33 bits per heavy atom. The number of rotatable bonds is 0. The largest absolute Gasteiger partial charge is 0.534 e. The summed E-state index contributed by atoms with van der Waals surface area (Å²) in [7, 11) is 0. The molecule has 0 fully saturated rings. The molecule has 0 aliphatic heterocycles. The van der Waals surface area contributed by atoms with Gasteiger partial charge in [-0.1, -0.05) is 6.07 Å². The van der Waals surface area contributed by atoms with Crippen LogP contribution < -0.4 is 0 Å². The second-order valence-electron chi connectivity index (χ2n) is 1.43. The van der Waals surface area contributed by atoms with Gasteiger partial charge in [-0.15, -0.1) is 12.1 Å². The van der Waals surface area contributed by atoms with Crippen LogP contribution in [0.1, 0.15) is 0 Å². The van der Waals surface area contributed by atoms with Gasteiger partial charge in [0.2, 0.25) is 0 Å². The van der Waals surface area contributed by atoms with Crippen molar-refractivity contribution < 1.29 is 52.0 Å². The van der Waals surface area contributed by atoms with Crippen LogP contribution in [0.5, 0.6) is 11.5 Å². The van der Waals surface area contributed by atoms with Gasteiger partial charge >= 0.3 is 0 Å². The number of hydrogen-bond acceptors (Lipinski definition) is 2. The fraction of sp³-hybridized carbons (Fsp3) is 0. The van der Waals surface area contributed by atoms with Crippen molar-refractivity contribution in [2.45, 2.75) is 0 Å². The molecule has 3 heteroatoms. The molecule has 0 unspecified atom stereocenters. The third kappa shape index (κ3) is 3.03. The van der Waals surface area contributed by atoms with Gasteiger partial charge in [0, 0.05) is 53.2 Å². The van der Waals surface area contributed by atoms with Crippen molar-refractivity contribution in [3.05, 3.63) is 24.3 Å². The van der Waals surface area contributed by atoms with Crippen LogP contribution in [0.15, 0.2) is 18.2 Å². The molecule has 2 N–H and O–H groups in total. The van der Waals surface area contributed by atoms with Crippen LogP contribution in [-0.4, -0.2) is 10.2 Å². The zero-order valence-electron chi connectivity index (χ0n) is 4.63. The average molecular weight is 249 g/mol. The Morgan fingerprint density at radius 2 is 2.00 bits per heavy atom. The molecule has 1 aromatic rings. The quantitative estimate of drug-likeness (QED) is 0.671. The summed E-state index contributed by atoms with van der Waals surface area (Å²) in [5.74, 6) is 0.0197. The Labute approximate surface area is 86.9 Å². The van der Waals surface area contributed by atoms with Gasteiger partial charge in [0.25, 0.3) is 0 Å². The van der Waals surface area contributed by atoms with Gasteiger partial charge in [0.05, 0.1) is 0 Å². The summed E-state index contributed by atoms with van der Waals surface area (Å²) in [6.45, 7) is 0. The maximum absolute atomic E-state index is 8.63. The molecule has 2 nitrogen and oxygen atoms in total. The second kappa shape index (κ2) is 4.08. The van der Waals surface area contributed by atoms with Crippen molar-refractivity contribution in [3.8, 4) is 11.5 Å². The molecule has 0 atom stereocenters. The van der Waals surface area contributed by atoms with Gasteiger partial charge in [-0.2, -0.15) is 6.07 Å². The van der Waals surface area contributed by atoms with Gasteiger partial charge in [0.1, 0.15) is 0 Å². The molecule has 0 radical (unpaired) electrons. The van der Waals surface area contributed by atoms with Crippen molar-refractivity contribution >= 4 is 0 Å². The molecular formula is C6H5CeO2-. The van der Waals surface area contributed by atoms with Crippen molar-refractivity contribution in [2.24, 2.45) is 0 Å². The predicted molar refractivity (Wildman–Crippen MR) is 28.6 cm³/mol. The first-order valence-corrected chi connectivity index (χ1v) is 2.19. The molecule has 0 aliphatic carbocycles. The SMILES string of the molecule is Oc1[c-]ccc(O)c1.[Ce]. The molecule has 0 heterocycles. The molecule has 1 rings (SSSR count). The van der Waals surface area contributed by atoms with Gasteiger partial charge in [-0.3, -0.25) is 0 Å². The Morgan fingerprint density at radius 1 is 1.33 bits per heavy atom. The summed E-state index contributed by atoms with van der Waals surface area (Å²) in [4.78, 5) is 0. The summed E-state index contributed by atoms with van der Waals surface area (Å²) in [6.07, 6.45) is 0. The number of benzene rings is 1. The first-order chi connectivity index (χ1) is 3.79. The third-order valence-electron chi connectivity index (χ3n) is 0.770. The molecule has 9 heavy (non-hydrogen) atoms. The van der Waals surface area contributed by atoms with Crippen LogP contribution in [-0.2, 0) is 0 Å². The van der Waals surface area contributed by atoms with E-state index in [1.807, 2.05) is 0 Å². The Kier molecular flexibility index (Phi) is 4.17. The fourth-order valence-electron chi connectivity index (χ4n) is 0.442. The average Bonchev–Trinajstić information content (AvgIpc) is 1.64. The van der Waals surface area contributed by atoms with Crippen LogP contribution in [0.25, 0.3) is 0 Å². The van der Waals surface area contributed by atoms with Crippen LogP contribution in [0.4, 0.5) is 0 Å². The second-order valence-corrected chi connectivity index (χ2v) is 1.43. The van der Waals surface area contributed by atoms with E-state index in [1.54, 1.807) is 0 Å². The predicted octanol–water partition coefficient (Wildman–Crippen LogP) is 0.898. The van der Waals surface area contributed by atoms with Gasteiger partial charge in [-0.05, 0) is 0 Å². The van der Waals surface area contributed by atoms with E-state index < -0.39 is 0 Å². The zero-order chi connectivity index (χ0) is 5.98. The monoisotopic (exact) mass is 249 g/mol. The van der Waals surface area contributed by atoms with E-state index in [0.717, 1.165) is 0 Å². The Bertz CT molecular complexity index is 171. The number of phenolic OH excluding ortho intramolecular Hbond substituents is 2. The summed E-state index contributed by atoms with van der Waals surface area (Å²) in [5, 5.41) is 17.2. The molecule has 0 saturated heterocycles. The molecule has 0 spiro atoms. The standard InChI is InChI=1S/C6H5O2.Ce/c7-5-2-1-3-6(8)4-5;/h1-2,4,7-8H;/q-1;. The molecule has 46 valence electrons. The van der Waals surface area contributed by atoms with E-state index >= 15 is 0 Å². The van der Waals surface area contributed by atoms with E-state index in [-0.39, 0.29) is 53.2 Å². The first kappa shape index (κ1) is 9.20. The normalized spacial score (nSPS) is 8.00. The number of hydrogen-bond donors (Lipinski definition) is 2. The van der Waals surface area contributed by atoms with E-state index in [1.165, 1.54) is 18.2 Å². The molecule has 0 aliphatic rings. The maximum Gasteiger partial charge on any atom is 0.0117 e. The minimum absolute atomic E-state index is 0. The van der Waals surface area contributed by atoms with Crippen LogP contribution in [0, 0.1) is 47.8 Å². The van der Waals surface area contributed by atoms with Crippen molar-refractivity contribution in [2.75, 3.05) is 0 Å². The molecule has 1 aromatic carbocycles. The van der Waals surface area contributed by atoms with Crippen molar-refractivity contribution in [3.63, 3.8) is 0 Å². The third-order valence-corrected chi connectivity index (χ3v) is 0.770. The molecule has 0 aromatic heterocycles. The molecule has 0 amide bonds. The number of phenols is 2. The van der Waals surface area contributed by atoms with Crippen LogP contribution >= 0.6 is 0 Å². The summed E-state index contributed by atoms with van der Waals surface area (Å²) in [5.41, 5.74) is 0. The van der Waals surface area contributed by atoms with Crippen LogP contribution in [0.3, 0.4) is 0 Å². The van der Waals surface area contributed by atoms with E-state index in [4.69, 9.17) is 10.2 Å². The van der Waals surface area contributed by atoms with Crippen molar-refractivity contribution in [1.29, 1.82) is 0 Å². The van der Waals surface area contributed by atoms with E-state index in [0.29, 0.717) is 0 Å². The Hall–Kier alpha value is 0.197. The summed E-state index contributed by atoms with van der Waals surface area (Å²) in [6, 6.07) is 6.58. The molecule has 0 saturated carbocycles. The fourth-order valence-corrected chi connectivity index (χ4v) is 0.442. The minimum Gasteiger partial charge on any atom is -0.534 e. The first-order valence-electron chi connectivity index (χ1n) is 2.19. The van der Waals surface area contributed by atoms with Gasteiger partial charge < -0.3 is 10.2 Å². The zero-order valence-corrected chi connectivity index (χ0v) is 7.77. The molecular weight excluding hydrogens is 244 g/mol. The summed E-state index contributed by atoms with van der Waals surface area (Å²) < 4.78 is 0. The minimum atomic E-state index is -0.0370. The van der Waals surface area contributed by atoms with E-state index in [9.17, 15) is 0 Å². The maximum atomic E-state index is 8.63. The number of aromatic hydroxyl groups is 2. The molecule has 0 bridgehead atoms. The van der Waals surface area contributed by atoms with Gasteiger partial charge in [-0.25, -0.2) is 0 Å². The Balaban J connectivity index is 0.000000640. The topological polar surface area (TPSA) is 40.5 Å². The van der Waals surface area contributed by atoms with Gasteiger partial charge in [0.15, 0.2) is 0 Å². The van der Waals surface area contributed by atoms with Crippen LogP contribution in [0.2, 0.25) is 0 Å². The van der Waals surface area contributed by atoms with E-state index in [2.05, 4.69) is 6.07 Å². The summed E-state index contributed by atoms with van der Waals surface area (Å²) >= 11 is 0. The van der Waals surface area contributed by atoms with Crippen molar-refractivity contribution in [1.82, 2.24) is 0 Å². The smallest absolute Gasteiger partial charge is 0.0117 e.